The number of para-hydroxylation sites is 2. The zero-order chi connectivity index (χ0) is 18.9. The molecule has 6 heteroatoms. The van der Waals surface area contributed by atoms with E-state index in [1.807, 2.05) is 39.0 Å². The molecule has 1 aliphatic rings. The lowest BCUT2D eigenvalue weighted by atomic mass is 10.0. The van der Waals surface area contributed by atoms with Gasteiger partial charge in [0, 0.05) is 25.6 Å². The lowest BCUT2D eigenvalue weighted by Crippen LogP contribution is -2.47. The molecule has 26 heavy (non-hydrogen) atoms. The molecule has 2 amide bonds. The van der Waals surface area contributed by atoms with Gasteiger partial charge >= 0.3 is 0 Å². The van der Waals surface area contributed by atoms with E-state index in [0.717, 1.165) is 12.8 Å². The first-order chi connectivity index (χ1) is 12.5. The summed E-state index contributed by atoms with van der Waals surface area (Å²) in [6, 6.07) is 7.51. The number of likely N-dealkylation sites (tertiary alicyclic amines) is 1. The van der Waals surface area contributed by atoms with Crippen LogP contribution in [0.3, 0.4) is 0 Å². The van der Waals surface area contributed by atoms with E-state index < -0.39 is 0 Å². The molecule has 144 valence electrons. The van der Waals surface area contributed by atoms with Crippen molar-refractivity contribution in [1.82, 2.24) is 10.2 Å². The Balaban J connectivity index is 1.76. The number of carbonyl (C=O) groups excluding carboxylic acids is 2. The third-order valence-electron chi connectivity index (χ3n) is 4.31. The first kappa shape index (κ1) is 20.1. The number of nitrogens with zero attached hydrogens (tertiary/aromatic N) is 1. The van der Waals surface area contributed by atoms with Crippen molar-refractivity contribution >= 4 is 11.8 Å². The predicted octanol–water partition coefficient (Wildman–Crippen LogP) is 2.62. The van der Waals surface area contributed by atoms with E-state index in [2.05, 4.69) is 5.32 Å². The van der Waals surface area contributed by atoms with Crippen LogP contribution in [0.25, 0.3) is 0 Å². The highest BCUT2D eigenvalue weighted by Gasteiger charge is 2.24. The van der Waals surface area contributed by atoms with Crippen LogP contribution in [0.15, 0.2) is 24.3 Å². The van der Waals surface area contributed by atoms with Gasteiger partial charge in [-0.15, -0.1) is 0 Å². The van der Waals surface area contributed by atoms with Crippen molar-refractivity contribution < 1.29 is 19.1 Å². The number of rotatable bonds is 8. The molecule has 0 aromatic heterocycles. The molecule has 0 bridgehead atoms. The Kier molecular flexibility index (Phi) is 7.75. The van der Waals surface area contributed by atoms with E-state index in [0.29, 0.717) is 43.5 Å². The number of nitrogens with one attached hydrogen (secondary N) is 1. The van der Waals surface area contributed by atoms with Gasteiger partial charge in [-0.2, -0.15) is 0 Å². The predicted molar refractivity (Wildman–Crippen MR) is 100 cm³/mol. The molecular formula is C20H30N2O4. The van der Waals surface area contributed by atoms with E-state index in [4.69, 9.17) is 9.47 Å². The van der Waals surface area contributed by atoms with E-state index in [1.165, 1.54) is 0 Å². The topological polar surface area (TPSA) is 67.9 Å². The van der Waals surface area contributed by atoms with Gasteiger partial charge in [0.1, 0.15) is 0 Å². The maximum Gasteiger partial charge on any atom is 0.260 e. The minimum atomic E-state index is -0.0386. The zero-order valence-electron chi connectivity index (χ0n) is 16.0. The van der Waals surface area contributed by atoms with Gasteiger partial charge in [0.05, 0.1) is 6.61 Å². The molecule has 1 fully saturated rings. The summed E-state index contributed by atoms with van der Waals surface area (Å²) in [6.07, 6.45) is 2.11. The number of hydrogen-bond acceptors (Lipinski definition) is 4. The Hall–Kier alpha value is -2.24. The van der Waals surface area contributed by atoms with Gasteiger partial charge in [0.15, 0.2) is 18.1 Å². The molecule has 1 aliphatic heterocycles. The van der Waals surface area contributed by atoms with Crippen LogP contribution in [0.1, 0.15) is 40.0 Å². The van der Waals surface area contributed by atoms with E-state index in [-0.39, 0.29) is 24.5 Å². The smallest absolute Gasteiger partial charge is 0.260 e. The summed E-state index contributed by atoms with van der Waals surface area (Å²) in [7, 11) is 0. The third-order valence-corrected chi connectivity index (χ3v) is 4.31. The summed E-state index contributed by atoms with van der Waals surface area (Å²) in [5.74, 6) is 1.64. The molecule has 0 aliphatic carbocycles. The first-order valence-electron chi connectivity index (χ1n) is 9.41. The number of carbonyl (C=O) groups is 2. The Morgan fingerprint density at radius 1 is 1.15 bits per heavy atom. The lowest BCUT2D eigenvalue weighted by molar-refractivity contribution is -0.134. The SMILES string of the molecule is CCOc1ccccc1OCC(=O)N1CCC(NC(=O)CC(C)C)CC1. The minimum Gasteiger partial charge on any atom is -0.490 e. The zero-order valence-corrected chi connectivity index (χ0v) is 16.0. The summed E-state index contributed by atoms with van der Waals surface area (Å²) in [5.41, 5.74) is 0. The highest BCUT2D eigenvalue weighted by molar-refractivity contribution is 5.78. The molecule has 0 spiro atoms. The number of ether oxygens (including phenoxy) is 2. The van der Waals surface area contributed by atoms with Crippen molar-refractivity contribution in [3.8, 4) is 11.5 Å². The maximum absolute atomic E-state index is 12.4. The van der Waals surface area contributed by atoms with Gasteiger partial charge < -0.3 is 19.7 Å². The number of piperidine rings is 1. The second-order valence-corrected chi connectivity index (χ2v) is 6.99. The summed E-state index contributed by atoms with van der Waals surface area (Å²) in [6.45, 7) is 7.80. The maximum atomic E-state index is 12.4. The number of amides is 2. The second-order valence-electron chi connectivity index (χ2n) is 6.99. The normalized spacial score (nSPS) is 15.0. The number of benzene rings is 1. The Morgan fingerprint density at radius 3 is 2.35 bits per heavy atom. The monoisotopic (exact) mass is 362 g/mol. The van der Waals surface area contributed by atoms with Crippen LogP contribution in [0, 0.1) is 5.92 Å². The molecular weight excluding hydrogens is 332 g/mol. The summed E-state index contributed by atoms with van der Waals surface area (Å²) in [4.78, 5) is 26.0. The van der Waals surface area contributed by atoms with Gasteiger partial charge in [-0.1, -0.05) is 26.0 Å². The average Bonchev–Trinajstić information content (AvgIpc) is 2.61. The molecule has 2 rings (SSSR count). The fourth-order valence-electron chi connectivity index (χ4n) is 3.01. The fourth-order valence-corrected chi connectivity index (χ4v) is 3.01. The van der Waals surface area contributed by atoms with Gasteiger partial charge in [-0.25, -0.2) is 0 Å². The molecule has 1 aromatic rings. The summed E-state index contributed by atoms with van der Waals surface area (Å²) in [5, 5.41) is 3.06. The van der Waals surface area contributed by atoms with Crippen molar-refractivity contribution in [2.45, 2.75) is 46.1 Å². The molecule has 0 atom stereocenters. The third kappa shape index (κ3) is 6.24. The average molecular weight is 362 g/mol. The molecule has 1 aromatic carbocycles. The first-order valence-corrected chi connectivity index (χ1v) is 9.41. The molecule has 0 unspecified atom stereocenters. The highest BCUT2D eigenvalue weighted by Crippen LogP contribution is 2.26. The van der Waals surface area contributed by atoms with Crippen LogP contribution in [0.4, 0.5) is 0 Å². The standard InChI is InChI=1S/C20H30N2O4/c1-4-25-17-7-5-6-8-18(17)26-14-20(24)22-11-9-16(10-12-22)21-19(23)13-15(2)3/h5-8,15-16H,4,9-14H2,1-3H3,(H,21,23). The minimum absolute atomic E-state index is 0.00549. The van der Waals surface area contributed by atoms with Gasteiger partial charge in [-0.05, 0) is 37.8 Å². The van der Waals surface area contributed by atoms with Crippen LogP contribution in [0.5, 0.6) is 11.5 Å². The molecule has 1 heterocycles. The van der Waals surface area contributed by atoms with Crippen LogP contribution in [-0.4, -0.2) is 49.1 Å². The fraction of sp³-hybridized carbons (Fsp3) is 0.600. The van der Waals surface area contributed by atoms with Crippen molar-refractivity contribution in [3.05, 3.63) is 24.3 Å². The van der Waals surface area contributed by atoms with Crippen molar-refractivity contribution in [3.63, 3.8) is 0 Å². The van der Waals surface area contributed by atoms with Crippen LogP contribution >= 0.6 is 0 Å². The van der Waals surface area contributed by atoms with E-state index >= 15 is 0 Å². The second kappa shape index (κ2) is 10.0. The molecule has 1 N–H and O–H groups in total. The molecule has 6 nitrogen and oxygen atoms in total. The van der Waals surface area contributed by atoms with Crippen molar-refractivity contribution in [2.75, 3.05) is 26.3 Å². The Labute approximate surface area is 155 Å². The molecule has 1 saturated heterocycles. The Bertz CT molecular complexity index is 595. The van der Waals surface area contributed by atoms with Gasteiger partial charge in [0.25, 0.3) is 5.91 Å². The Morgan fingerprint density at radius 2 is 1.77 bits per heavy atom. The summed E-state index contributed by atoms with van der Waals surface area (Å²) >= 11 is 0. The van der Waals surface area contributed by atoms with Crippen LogP contribution in [0.2, 0.25) is 0 Å². The highest BCUT2D eigenvalue weighted by atomic mass is 16.5. The number of hydrogen-bond donors (Lipinski definition) is 1. The quantitative estimate of drug-likeness (QED) is 0.772. The summed E-state index contributed by atoms with van der Waals surface area (Å²) < 4.78 is 11.2. The molecule has 0 radical (unpaired) electrons. The van der Waals surface area contributed by atoms with Crippen molar-refractivity contribution in [2.24, 2.45) is 5.92 Å². The van der Waals surface area contributed by atoms with Crippen LogP contribution in [-0.2, 0) is 9.59 Å². The van der Waals surface area contributed by atoms with E-state index in [1.54, 1.807) is 11.0 Å². The lowest BCUT2D eigenvalue weighted by Gasteiger charge is -2.32. The van der Waals surface area contributed by atoms with Crippen molar-refractivity contribution in [1.29, 1.82) is 0 Å². The molecule has 0 saturated carbocycles. The van der Waals surface area contributed by atoms with Gasteiger partial charge in [-0.3, -0.25) is 9.59 Å². The van der Waals surface area contributed by atoms with Gasteiger partial charge in [0.2, 0.25) is 5.91 Å². The largest absolute Gasteiger partial charge is 0.490 e. The van der Waals surface area contributed by atoms with Crippen LogP contribution < -0.4 is 14.8 Å². The van der Waals surface area contributed by atoms with E-state index in [9.17, 15) is 9.59 Å².